The Balaban J connectivity index is 2.08. The summed E-state index contributed by atoms with van der Waals surface area (Å²) in [5, 5.41) is 11.4. The first kappa shape index (κ1) is 47.7. The average molecular weight is 783 g/mol. The van der Waals surface area contributed by atoms with Crippen molar-refractivity contribution in [1.82, 2.24) is 0 Å². The second kappa shape index (κ2) is 28.7. The first-order valence-electron chi connectivity index (χ1n) is 21.5. The number of rotatable bonds is 30. The van der Waals surface area contributed by atoms with E-state index in [0.717, 1.165) is 77.0 Å². The highest BCUT2D eigenvalue weighted by molar-refractivity contribution is 5.89. The number of benzene rings is 1. The second-order valence-electron chi connectivity index (χ2n) is 14.6. The Kier molecular flexibility index (Phi) is 24.8. The Morgan fingerprint density at radius 2 is 0.982 bits per heavy atom. The lowest BCUT2D eigenvalue weighted by Gasteiger charge is -2.49. The average Bonchev–Trinajstić information content (AvgIpc) is 3.19. The van der Waals surface area contributed by atoms with Crippen molar-refractivity contribution in [2.24, 2.45) is 0 Å². The normalized spacial score (nSPS) is 28.3. The maximum atomic E-state index is 13.7. The third kappa shape index (κ3) is 16.2. The molecule has 318 valence electrons. The standard InChI is InChI=1S/C43H74O12/c1-7-13-24-46-30-33-36(37(48-26-15-9-3)39(42(45)52-33)50-28-17-11-5)55-43-40(51-29-18-12-6)38(49-27-16-10-4)35(34(53-43)31-47-25-14-8-2)54-41(44)32-22-20-19-21-23-32/h19-23,33-40,42-43,45H,7-18,24-31H2,1-6H3/t33?,34?,35-,36+,37+,38+,39?,40?,42-,43-/m1/s1. The molecule has 2 fully saturated rings. The molecule has 2 saturated heterocycles. The van der Waals surface area contributed by atoms with Crippen molar-refractivity contribution in [3.63, 3.8) is 0 Å². The predicted octanol–water partition coefficient (Wildman–Crippen LogP) is 7.41. The van der Waals surface area contributed by atoms with E-state index in [2.05, 4.69) is 41.5 Å². The molecule has 0 amide bonds. The first-order chi connectivity index (χ1) is 26.9. The van der Waals surface area contributed by atoms with E-state index in [0.29, 0.717) is 45.2 Å². The summed E-state index contributed by atoms with van der Waals surface area (Å²) >= 11 is 0. The molecular formula is C43H74O12. The number of carbonyl (C=O) groups is 1. The zero-order chi connectivity index (χ0) is 39.7. The van der Waals surface area contributed by atoms with Gasteiger partial charge in [0, 0.05) is 39.6 Å². The van der Waals surface area contributed by atoms with Crippen LogP contribution in [-0.2, 0) is 47.4 Å². The lowest BCUT2D eigenvalue weighted by atomic mass is 9.96. The molecule has 12 nitrogen and oxygen atoms in total. The van der Waals surface area contributed by atoms with Gasteiger partial charge < -0.3 is 52.5 Å². The number of aliphatic hydroxyl groups is 1. The van der Waals surface area contributed by atoms with E-state index < -0.39 is 67.4 Å². The Morgan fingerprint density at radius 3 is 1.49 bits per heavy atom. The number of ether oxygens (including phenoxy) is 10. The van der Waals surface area contributed by atoms with E-state index in [9.17, 15) is 9.90 Å². The lowest BCUT2D eigenvalue weighted by Crippen LogP contribution is -2.66. The summed E-state index contributed by atoms with van der Waals surface area (Å²) in [6, 6.07) is 8.92. The van der Waals surface area contributed by atoms with Crippen LogP contribution in [0.5, 0.6) is 0 Å². The Hall–Kier alpha value is -1.71. The molecular weight excluding hydrogens is 708 g/mol. The Bertz CT molecular complexity index is 1090. The second-order valence-corrected chi connectivity index (χ2v) is 14.6. The minimum absolute atomic E-state index is 0.143. The molecule has 0 aliphatic carbocycles. The highest BCUT2D eigenvalue weighted by Gasteiger charge is 2.54. The molecule has 1 aromatic carbocycles. The summed E-state index contributed by atoms with van der Waals surface area (Å²) in [5.74, 6) is -0.487. The van der Waals surface area contributed by atoms with Crippen LogP contribution in [0.4, 0.5) is 0 Å². The van der Waals surface area contributed by atoms with Crippen LogP contribution in [0.15, 0.2) is 30.3 Å². The fraction of sp³-hybridized carbons (Fsp3) is 0.837. The van der Waals surface area contributed by atoms with Gasteiger partial charge in [0.05, 0.1) is 18.8 Å². The Labute approximate surface area is 331 Å². The van der Waals surface area contributed by atoms with E-state index in [1.165, 1.54) is 0 Å². The van der Waals surface area contributed by atoms with E-state index in [-0.39, 0.29) is 13.2 Å². The number of unbranched alkanes of at least 4 members (excludes halogenated alkanes) is 6. The molecule has 3 rings (SSSR count). The van der Waals surface area contributed by atoms with Crippen LogP contribution in [0.25, 0.3) is 0 Å². The van der Waals surface area contributed by atoms with Crippen LogP contribution < -0.4 is 0 Å². The molecule has 0 spiro atoms. The zero-order valence-corrected chi connectivity index (χ0v) is 34.7. The maximum Gasteiger partial charge on any atom is 0.338 e. The van der Waals surface area contributed by atoms with Crippen LogP contribution in [-0.4, -0.2) is 125 Å². The van der Waals surface area contributed by atoms with E-state index in [4.69, 9.17) is 47.4 Å². The van der Waals surface area contributed by atoms with Gasteiger partial charge in [-0.1, -0.05) is 98.3 Å². The zero-order valence-electron chi connectivity index (χ0n) is 34.7. The van der Waals surface area contributed by atoms with Gasteiger partial charge in [0.1, 0.15) is 42.7 Å². The summed E-state index contributed by atoms with van der Waals surface area (Å²) < 4.78 is 64.9. The van der Waals surface area contributed by atoms with Crippen molar-refractivity contribution in [2.45, 2.75) is 180 Å². The van der Waals surface area contributed by atoms with Crippen LogP contribution in [0.1, 0.15) is 129 Å². The maximum absolute atomic E-state index is 13.7. The highest BCUT2D eigenvalue weighted by atomic mass is 16.8. The number of esters is 1. The van der Waals surface area contributed by atoms with Crippen molar-refractivity contribution in [3.8, 4) is 0 Å². The molecule has 0 saturated carbocycles. The topological polar surface area (TPSA) is 130 Å². The third-order valence-corrected chi connectivity index (χ3v) is 9.83. The van der Waals surface area contributed by atoms with Crippen LogP contribution in [0, 0.1) is 0 Å². The van der Waals surface area contributed by atoms with Crippen molar-refractivity contribution in [2.75, 3.05) is 52.9 Å². The minimum Gasteiger partial charge on any atom is -0.453 e. The molecule has 2 heterocycles. The van der Waals surface area contributed by atoms with Gasteiger partial charge in [0.15, 0.2) is 18.7 Å². The highest BCUT2D eigenvalue weighted by Crippen LogP contribution is 2.35. The third-order valence-electron chi connectivity index (χ3n) is 9.83. The minimum atomic E-state index is -1.25. The fourth-order valence-electron chi connectivity index (χ4n) is 6.46. The van der Waals surface area contributed by atoms with Gasteiger partial charge in [-0.15, -0.1) is 0 Å². The molecule has 0 bridgehead atoms. The molecule has 0 radical (unpaired) electrons. The van der Waals surface area contributed by atoms with Gasteiger partial charge in [0.2, 0.25) is 0 Å². The monoisotopic (exact) mass is 783 g/mol. The number of aliphatic hydroxyl groups excluding tert-OH is 1. The largest absolute Gasteiger partial charge is 0.453 e. The molecule has 2 aliphatic rings. The summed E-state index contributed by atoms with van der Waals surface area (Å²) in [6.07, 6.45) is 2.20. The van der Waals surface area contributed by atoms with Crippen molar-refractivity contribution >= 4 is 5.97 Å². The molecule has 10 atom stereocenters. The predicted molar refractivity (Wildman–Crippen MR) is 210 cm³/mol. The molecule has 55 heavy (non-hydrogen) atoms. The number of hydrogen-bond acceptors (Lipinski definition) is 12. The molecule has 2 aliphatic heterocycles. The SMILES string of the molecule is CCCCOCC1O[C@H](O[C@H]2C(COCCCC)O[C@@H](O)C(OCCCC)[C@H]2OCCCC)C(OCCCC)[C@@H](OCCCC)[C@@H]1OC(=O)c1ccccc1. The van der Waals surface area contributed by atoms with Crippen LogP contribution in [0.3, 0.4) is 0 Å². The summed E-state index contributed by atoms with van der Waals surface area (Å²) in [4.78, 5) is 13.7. The quantitative estimate of drug-likeness (QED) is 0.0616. The van der Waals surface area contributed by atoms with Gasteiger partial charge in [-0.2, -0.15) is 0 Å². The van der Waals surface area contributed by atoms with Gasteiger partial charge in [-0.3, -0.25) is 0 Å². The lowest BCUT2D eigenvalue weighted by molar-refractivity contribution is -0.368. The Morgan fingerprint density at radius 1 is 0.545 bits per heavy atom. The first-order valence-corrected chi connectivity index (χ1v) is 21.5. The molecule has 1 aromatic rings. The van der Waals surface area contributed by atoms with E-state index in [1.807, 2.05) is 6.07 Å². The summed E-state index contributed by atoms with van der Waals surface area (Å²) in [7, 11) is 0. The van der Waals surface area contributed by atoms with Crippen molar-refractivity contribution in [3.05, 3.63) is 35.9 Å². The van der Waals surface area contributed by atoms with Crippen LogP contribution in [0.2, 0.25) is 0 Å². The van der Waals surface area contributed by atoms with Crippen molar-refractivity contribution in [1.29, 1.82) is 0 Å². The van der Waals surface area contributed by atoms with E-state index >= 15 is 0 Å². The van der Waals surface area contributed by atoms with Gasteiger partial charge in [0.25, 0.3) is 0 Å². The summed E-state index contributed by atoms with van der Waals surface area (Å²) in [6.45, 7) is 15.7. The van der Waals surface area contributed by atoms with Crippen LogP contribution >= 0.6 is 0 Å². The molecule has 4 unspecified atom stereocenters. The van der Waals surface area contributed by atoms with Gasteiger partial charge in [-0.25, -0.2) is 4.79 Å². The molecule has 12 heteroatoms. The van der Waals surface area contributed by atoms with Crippen molar-refractivity contribution < 1.29 is 57.3 Å². The molecule has 1 N–H and O–H groups in total. The number of hydrogen-bond donors (Lipinski definition) is 1. The van der Waals surface area contributed by atoms with Gasteiger partial charge >= 0.3 is 5.97 Å². The number of carbonyl (C=O) groups excluding carboxylic acids is 1. The van der Waals surface area contributed by atoms with Gasteiger partial charge in [-0.05, 0) is 50.7 Å². The smallest absolute Gasteiger partial charge is 0.338 e. The summed E-state index contributed by atoms with van der Waals surface area (Å²) in [5.41, 5.74) is 0.423. The fourth-order valence-corrected chi connectivity index (χ4v) is 6.46. The van der Waals surface area contributed by atoms with E-state index in [1.54, 1.807) is 24.3 Å². The molecule has 0 aromatic heterocycles.